The second-order valence-electron chi connectivity index (χ2n) is 4.64. The molecule has 4 nitrogen and oxygen atoms in total. The number of rotatable bonds is 2. The van der Waals surface area contributed by atoms with Crippen LogP contribution in [0.5, 0.6) is 0 Å². The van der Waals surface area contributed by atoms with E-state index in [0.29, 0.717) is 0 Å². The molecule has 0 spiro atoms. The Morgan fingerprint density at radius 1 is 1.16 bits per heavy atom. The Morgan fingerprint density at radius 2 is 1.89 bits per heavy atom. The van der Waals surface area contributed by atoms with Crippen molar-refractivity contribution in [2.75, 3.05) is 0 Å². The van der Waals surface area contributed by atoms with Gasteiger partial charge in [0.05, 0.1) is 17.1 Å². The first kappa shape index (κ1) is 12.2. The van der Waals surface area contributed by atoms with Crippen molar-refractivity contribution in [2.45, 2.75) is 6.04 Å². The lowest BCUT2D eigenvalue weighted by molar-refractivity contribution is 0.795. The first-order chi connectivity index (χ1) is 9.09. The fourth-order valence-electron chi connectivity index (χ4n) is 2.35. The topological polar surface area (TPSA) is 53.0 Å². The van der Waals surface area contributed by atoms with E-state index in [0.717, 1.165) is 21.5 Å². The summed E-state index contributed by atoms with van der Waals surface area (Å²) in [6, 6.07) is 9.84. The summed E-state index contributed by atoms with van der Waals surface area (Å²) in [6.07, 6.45) is 0. The van der Waals surface area contributed by atoms with E-state index < -0.39 is 0 Å². The number of aromatic nitrogens is 2. The summed E-state index contributed by atoms with van der Waals surface area (Å²) in [5.74, 6) is 0. The molecule has 0 bridgehead atoms. The zero-order valence-corrected chi connectivity index (χ0v) is 11.6. The molecule has 5 heteroatoms. The molecule has 0 saturated heterocycles. The van der Waals surface area contributed by atoms with E-state index in [-0.39, 0.29) is 11.7 Å². The smallest absolute Gasteiger partial charge is 0.320 e. The van der Waals surface area contributed by atoms with Crippen LogP contribution in [0.25, 0.3) is 11.0 Å². The van der Waals surface area contributed by atoms with Gasteiger partial charge in [0.1, 0.15) is 0 Å². The molecule has 2 N–H and O–H groups in total. The van der Waals surface area contributed by atoms with Gasteiger partial charge in [-0.2, -0.15) is 0 Å². The van der Waals surface area contributed by atoms with Crippen LogP contribution in [0.1, 0.15) is 16.5 Å². The quantitative estimate of drug-likeness (QED) is 0.776. The molecule has 19 heavy (non-hydrogen) atoms. The highest BCUT2D eigenvalue weighted by Crippen LogP contribution is 2.25. The molecule has 0 aliphatic carbocycles. The van der Waals surface area contributed by atoms with Crippen LogP contribution >= 0.6 is 11.3 Å². The molecule has 0 aliphatic rings. The zero-order chi connectivity index (χ0) is 13.6. The molecule has 0 fully saturated rings. The van der Waals surface area contributed by atoms with Crippen molar-refractivity contribution in [1.29, 1.82) is 0 Å². The van der Waals surface area contributed by atoms with Crippen molar-refractivity contribution >= 4 is 22.4 Å². The minimum Gasteiger partial charge on any atom is -0.320 e. The van der Waals surface area contributed by atoms with Crippen LogP contribution in [-0.4, -0.2) is 9.13 Å². The fourth-order valence-corrected chi connectivity index (χ4v) is 3.10. The van der Waals surface area contributed by atoms with E-state index in [1.165, 1.54) is 0 Å². The van der Waals surface area contributed by atoms with Crippen LogP contribution in [-0.2, 0) is 14.1 Å². The Kier molecular flexibility index (Phi) is 2.80. The minimum absolute atomic E-state index is 0.0168. The Hall–Kier alpha value is -1.85. The van der Waals surface area contributed by atoms with Crippen molar-refractivity contribution in [2.24, 2.45) is 19.8 Å². The van der Waals surface area contributed by atoms with Gasteiger partial charge in [0.2, 0.25) is 0 Å². The Bertz CT molecular complexity index is 783. The van der Waals surface area contributed by atoms with E-state index >= 15 is 0 Å². The predicted molar refractivity (Wildman–Crippen MR) is 78.5 cm³/mol. The first-order valence-electron chi connectivity index (χ1n) is 6.04. The molecule has 3 aromatic rings. The molecule has 1 atom stereocenters. The number of thiophene rings is 1. The summed E-state index contributed by atoms with van der Waals surface area (Å²) < 4.78 is 3.30. The molecular formula is C14H15N3OS. The van der Waals surface area contributed by atoms with Gasteiger partial charge in [0.15, 0.2) is 0 Å². The number of fused-ring (bicyclic) bond motifs is 1. The van der Waals surface area contributed by atoms with E-state index in [1.807, 2.05) is 35.7 Å². The third-order valence-electron chi connectivity index (χ3n) is 3.50. The molecule has 2 aromatic heterocycles. The summed E-state index contributed by atoms with van der Waals surface area (Å²) in [4.78, 5) is 13.0. The lowest BCUT2D eigenvalue weighted by Gasteiger charge is -2.10. The van der Waals surface area contributed by atoms with Gasteiger partial charge in [-0.25, -0.2) is 4.79 Å². The maximum absolute atomic E-state index is 11.9. The highest BCUT2D eigenvalue weighted by atomic mass is 32.1. The molecule has 98 valence electrons. The number of imidazole rings is 1. The molecule has 0 aliphatic heterocycles. The Labute approximate surface area is 114 Å². The average Bonchev–Trinajstić information content (AvgIpc) is 3.03. The molecule has 0 amide bonds. The number of benzene rings is 1. The highest BCUT2D eigenvalue weighted by Gasteiger charge is 2.13. The van der Waals surface area contributed by atoms with E-state index in [1.54, 1.807) is 34.6 Å². The maximum atomic E-state index is 11.9. The summed E-state index contributed by atoms with van der Waals surface area (Å²) in [5.41, 5.74) is 9.11. The second-order valence-corrected chi connectivity index (χ2v) is 5.62. The van der Waals surface area contributed by atoms with E-state index in [9.17, 15) is 4.79 Å². The Morgan fingerprint density at radius 3 is 2.58 bits per heavy atom. The molecular weight excluding hydrogens is 258 g/mol. The van der Waals surface area contributed by atoms with Gasteiger partial charge < -0.3 is 5.73 Å². The molecule has 1 aromatic carbocycles. The monoisotopic (exact) mass is 273 g/mol. The minimum atomic E-state index is -0.139. The molecule has 0 radical (unpaired) electrons. The van der Waals surface area contributed by atoms with Crippen LogP contribution in [0.2, 0.25) is 0 Å². The fraction of sp³-hybridized carbons (Fsp3) is 0.214. The third-order valence-corrected chi connectivity index (χ3v) is 4.46. The number of aryl methyl sites for hydroxylation is 2. The highest BCUT2D eigenvalue weighted by molar-refractivity contribution is 7.10. The largest absolute Gasteiger partial charge is 0.328 e. The van der Waals surface area contributed by atoms with E-state index in [4.69, 9.17) is 5.73 Å². The lowest BCUT2D eigenvalue weighted by Crippen LogP contribution is -2.19. The Balaban J connectivity index is 2.17. The van der Waals surface area contributed by atoms with Gasteiger partial charge in [-0.15, -0.1) is 11.3 Å². The van der Waals surface area contributed by atoms with Crippen molar-refractivity contribution in [3.8, 4) is 0 Å². The zero-order valence-electron chi connectivity index (χ0n) is 10.8. The predicted octanol–water partition coefficient (Wildman–Crippen LogP) is 1.99. The van der Waals surface area contributed by atoms with Crippen LogP contribution in [0, 0.1) is 0 Å². The molecule has 2 heterocycles. The number of nitrogens with zero attached hydrogens (tertiary/aromatic N) is 2. The number of nitrogens with two attached hydrogens (primary N) is 1. The standard InChI is InChI=1S/C14H15N3OS/c1-16-10-6-5-9(8-11(10)17(2)14(16)18)13(15)12-4-3-7-19-12/h3-8,13H,15H2,1-2H3. The summed E-state index contributed by atoms with van der Waals surface area (Å²) in [6.45, 7) is 0. The lowest BCUT2D eigenvalue weighted by atomic mass is 10.1. The van der Waals surface area contributed by atoms with Crippen molar-refractivity contribution in [1.82, 2.24) is 9.13 Å². The summed E-state index contributed by atoms with van der Waals surface area (Å²) >= 11 is 1.65. The number of hydrogen-bond donors (Lipinski definition) is 1. The number of hydrogen-bond acceptors (Lipinski definition) is 3. The molecule has 3 rings (SSSR count). The van der Waals surface area contributed by atoms with Crippen molar-refractivity contribution in [3.05, 3.63) is 56.6 Å². The van der Waals surface area contributed by atoms with Gasteiger partial charge >= 0.3 is 5.69 Å². The van der Waals surface area contributed by atoms with Crippen LogP contribution in [0.3, 0.4) is 0 Å². The SMILES string of the molecule is Cn1c(=O)n(C)c2cc(C(N)c3cccs3)ccc21. The van der Waals surface area contributed by atoms with Gasteiger partial charge in [-0.1, -0.05) is 12.1 Å². The first-order valence-corrected chi connectivity index (χ1v) is 6.92. The molecule has 0 saturated carbocycles. The van der Waals surface area contributed by atoms with E-state index in [2.05, 4.69) is 0 Å². The van der Waals surface area contributed by atoms with Crippen LogP contribution < -0.4 is 11.4 Å². The van der Waals surface area contributed by atoms with Crippen LogP contribution in [0.4, 0.5) is 0 Å². The third kappa shape index (κ3) is 1.82. The summed E-state index contributed by atoms with van der Waals surface area (Å²) in [7, 11) is 3.56. The molecule has 1 unspecified atom stereocenters. The van der Waals surface area contributed by atoms with Crippen molar-refractivity contribution < 1.29 is 0 Å². The summed E-state index contributed by atoms with van der Waals surface area (Å²) in [5, 5.41) is 2.02. The van der Waals surface area contributed by atoms with Crippen LogP contribution in [0.15, 0.2) is 40.5 Å². The average molecular weight is 273 g/mol. The maximum Gasteiger partial charge on any atom is 0.328 e. The second kappa shape index (κ2) is 4.36. The van der Waals surface area contributed by atoms with Gasteiger partial charge in [-0.3, -0.25) is 9.13 Å². The van der Waals surface area contributed by atoms with Gasteiger partial charge in [0.25, 0.3) is 0 Å². The normalized spacial score (nSPS) is 13.0. The van der Waals surface area contributed by atoms with Gasteiger partial charge in [-0.05, 0) is 29.1 Å². The van der Waals surface area contributed by atoms with Gasteiger partial charge in [0, 0.05) is 19.0 Å². The van der Waals surface area contributed by atoms with Crippen molar-refractivity contribution in [3.63, 3.8) is 0 Å².